The number of rotatable bonds is 6. The SMILES string of the molecule is Cc1cc(C(=O)N2CC[C@@H](N(C)C)C2)c(C=C2C(=O)Nc3ccc(S(=O)(=O)Cc4cccc(Cl)c4)cc32)[nH]1. The third-order valence-corrected chi connectivity index (χ3v) is 8.98. The Bertz CT molecular complexity index is 1580. The minimum absolute atomic E-state index is 0.0953. The summed E-state index contributed by atoms with van der Waals surface area (Å²) in [6.45, 7) is 3.16. The number of carbonyl (C=O) groups excluding carboxylic acids is 2. The summed E-state index contributed by atoms with van der Waals surface area (Å²) in [7, 11) is 0.313. The van der Waals surface area contributed by atoms with E-state index < -0.39 is 9.84 Å². The Labute approximate surface area is 227 Å². The summed E-state index contributed by atoms with van der Waals surface area (Å²) in [5, 5.41) is 3.26. The fourth-order valence-electron chi connectivity index (χ4n) is 5.00. The third kappa shape index (κ3) is 5.14. The van der Waals surface area contributed by atoms with Crippen LogP contribution in [0.2, 0.25) is 5.02 Å². The van der Waals surface area contributed by atoms with Crippen LogP contribution in [0.4, 0.5) is 5.69 Å². The first-order valence-corrected chi connectivity index (χ1v) is 14.3. The number of aromatic amines is 1. The summed E-state index contributed by atoms with van der Waals surface area (Å²) in [6.07, 6.45) is 2.54. The van der Waals surface area contributed by atoms with Crippen molar-refractivity contribution in [1.29, 1.82) is 0 Å². The molecule has 198 valence electrons. The maximum absolute atomic E-state index is 13.4. The number of likely N-dealkylation sites (tertiary alicyclic amines) is 1. The number of likely N-dealkylation sites (N-methyl/N-ethyl adjacent to an activating group) is 1. The number of hydrogen-bond acceptors (Lipinski definition) is 5. The normalized spacial score (nSPS) is 18.3. The lowest BCUT2D eigenvalue weighted by molar-refractivity contribution is -0.110. The standard InChI is InChI=1S/C28H29ClN4O4S/c1-17-11-24(28(35)33-10-9-20(15-33)32(2)3)26(30-17)14-23-22-13-21(7-8-25(22)31-27(23)34)38(36,37)16-18-5-4-6-19(29)12-18/h4-8,11-14,20,30H,9-10,15-16H2,1-3H3,(H,31,34)/t20-/m1/s1. The van der Waals surface area contributed by atoms with Crippen LogP contribution in [0.15, 0.2) is 53.4 Å². The van der Waals surface area contributed by atoms with Crippen molar-refractivity contribution in [2.45, 2.75) is 30.0 Å². The molecule has 10 heteroatoms. The predicted molar refractivity (Wildman–Crippen MR) is 149 cm³/mol. The number of hydrogen-bond donors (Lipinski definition) is 2. The number of aromatic nitrogens is 1. The average Bonchev–Trinajstić information content (AvgIpc) is 3.56. The van der Waals surface area contributed by atoms with Gasteiger partial charge in [0, 0.05) is 41.1 Å². The second-order valence-corrected chi connectivity index (χ2v) is 12.5. The fourth-order valence-corrected chi connectivity index (χ4v) is 6.57. The van der Waals surface area contributed by atoms with E-state index >= 15 is 0 Å². The van der Waals surface area contributed by atoms with Gasteiger partial charge in [-0.1, -0.05) is 23.7 Å². The molecule has 2 aromatic carbocycles. The van der Waals surface area contributed by atoms with Crippen LogP contribution < -0.4 is 5.32 Å². The van der Waals surface area contributed by atoms with Crippen LogP contribution in [0.25, 0.3) is 11.6 Å². The number of carbonyl (C=O) groups is 2. The molecule has 0 bridgehead atoms. The molecule has 2 aliphatic heterocycles. The van der Waals surface area contributed by atoms with Gasteiger partial charge in [0.1, 0.15) is 0 Å². The van der Waals surface area contributed by atoms with Crippen molar-refractivity contribution in [1.82, 2.24) is 14.8 Å². The summed E-state index contributed by atoms with van der Waals surface area (Å²) >= 11 is 6.03. The van der Waals surface area contributed by atoms with Crippen LogP contribution in [0.5, 0.6) is 0 Å². The molecule has 0 saturated carbocycles. The summed E-state index contributed by atoms with van der Waals surface area (Å²) in [5.74, 6) is -0.670. The molecular formula is C28H29ClN4O4S. The quantitative estimate of drug-likeness (QED) is 0.446. The molecule has 2 N–H and O–H groups in total. The van der Waals surface area contributed by atoms with Gasteiger partial charge in [-0.25, -0.2) is 8.42 Å². The Balaban J connectivity index is 1.47. The van der Waals surface area contributed by atoms with Crippen molar-refractivity contribution in [2.24, 2.45) is 0 Å². The van der Waals surface area contributed by atoms with Crippen molar-refractivity contribution in [3.8, 4) is 0 Å². The van der Waals surface area contributed by atoms with E-state index in [0.717, 1.165) is 12.1 Å². The van der Waals surface area contributed by atoms with Crippen LogP contribution in [0, 0.1) is 6.92 Å². The van der Waals surface area contributed by atoms with Gasteiger partial charge in [0.2, 0.25) is 0 Å². The van der Waals surface area contributed by atoms with Crippen LogP contribution >= 0.6 is 11.6 Å². The third-order valence-electron chi connectivity index (χ3n) is 7.06. The lowest BCUT2D eigenvalue weighted by Gasteiger charge is -2.20. The fraction of sp³-hybridized carbons (Fsp3) is 0.286. The molecule has 2 amide bonds. The van der Waals surface area contributed by atoms with Gasteiger partial charge < -0.3 is 20.1 Å². The molecule has 1 aromatic heterocycles. The molecule has 5 rings (SSSR count). The van der Waals surface area contributed by atoms with Crippen LogP contribution in [-0.2, 0) is 20.4 Å². The summed E-state index contributed by atoms with van der Waals surface area (Å²) in [4.78, 5) is 33.6. The predicted octanol–water partition coefficient (Wildman–Crippen LogP) is 4.22. The summed E-state index contributed by atoms with van der Waals surface area (Å²) in [5.41, 5.74) is 3.66. The molecule has 38 heavy (non-hydrogen) atoms. The average molecular weight is 553 g/mol. The highest BCUT2D eigenvalue weighted by molar-refractivity contribution is 7.90. The number of sulfone groups is 1. The highest BCUT2D eigenvalue weighted by Crippen LogP contribution is 2.36. The van der Waals surface area contributed by atoms with Gasteiger partial charge >= 0.3 is 0 Å². The number of benzene rings is 2. The first-order valence-electron chi connectivity index (χ1n) is 12.3. The molecule has 1 saturated heterocycles. The molecule has 3 heterocycles. The number of H-pyrrole nitrogens is 1. The van der Waals surface area contributed by atoms with E-state index in [1.165, 1.54) is 12.1 Å². The number of fused-ring (bicyclic) bond motifs is 1. The molecule has 1 atom stereocenters. The number of nitrogens with zero attached hydrogens (tertiary/aromatic N) is 2. The van der Waals surface area contributed by atoms with Crippen LogP contribution in [0.3, 0.4) is 0 Å². The largest absolute Gasteiger partial charge is 0.358 e. The zero-order chi connectivity index (χ0) is 27.2. The van der Waals surface area contributed by atoms with Crippen molar-refractivity contribution < 1.29 is 18.0 Å². The highest BCUT2D eigenvalue weighted by atomic mass is 35.5. The van der Waals surface area contributed by atoms with Gasteiger partial charge in [0.05, 0.1) is 27.5 Å². The number of aryl methyl sites for hydroxylation is 1. The maximum Gasteiger partial charge on any atom is 0.256 e. The van der Waals surface area contributed by atoms with Gasteiger partial charge in [-0.05, 0) is 75.5 Å². The molecule has 1 fully saturated rings. The second kappa shape index (κ2) is 10.1. The Morgan fingerprint density at radius 3 is 2.68 bits per heavy atom. The molecule has 8 nitrogen and oxygen atoms in total. The van der Waals surface area contributed by atoms with Gasteiger partial charge in [-0.3, -0.25) is 9.59 Å². The number of nitrogens with one attached hydrogen (secondary N) is 2. The van der Waals surface area contributed by atoms with Crippen molar-refractivity contribution in [3.05, 3.63) is 81.6 Å². The molecule has 2 aliphatic rings. The highest BCUT2D eigenvalue weighted by Gasteiger charge is 2.31. The van der Waals surface area contributed by atoms with Gasteiger partial charge in [-0.2, -0.15) is 0 Å². The van der Waals surface area contributed by atoms with Crippen LogP contribution in [0.1, 0.15) is 39.3 Å². The van der Waals surface area contributed by atoms with E-state index in [1.54, 1.807) is 42.5 Å². The Morgan fingerprint density at radius 1 is 1.18 bits per heavy atom. The topological polar surface area (TPSA) is 103 Å². The lowest BCUT2D eigenvalue weighted by atomic mass is 10.0. The Hall–Kier alpha value is -3.40. The first-order chi connectivity index (χ1) is 18.0. The summed E-state index contributed by atoms with van der Waals surface area (Å²) < 4.78 is 26.4. The summed E-state index contributed by atoms with van der Waals surface area (Å²) in [6, 6.07) is 13.4. The molecule has 3 aromatic rings. The van der Waals surface area contributed by atoms with E-state index in [4.69, 9.17) is 11.6 Å². The monoisotopic (exact) mass is 552 g/mol. The Kier molecular flexibility index (Phi) is 6.94. The zero-order valence-corrected chi connectivity index (χ0v) is 23.0. The van der Waals surface area contributed by atoms with Crippen LogP contribution in [-0.4, -0.2) is 68.2 Å². The van der Waals surface area contributed by atoms with Crippen molar-refractivity contribution in [2.75, 3.05) is 32.5 Å². The maximum atomic E-state index is 13.4. The first kappa shape index (κ1) is 26.2. The van der Waals surface area contributed by atoms with E-state index in [9.17, 15) is 18.0 Å². The molecular weight excluding hydrogens is 524 g/mol. The zero-order valence-electron chi connectivity index (χ0n) is 21.4. The Morgan fingerprint density at radius 2 is 1.97 bits per heavy atom. The molecule has 0 spiro atoms. The van der Waals surface area contributed by atoms with E-state index in [-0.39, 0.29) is 22.5 Å². The van der Waals surface area contributed by atoms with E-state index in [0.29, 0.717) is 57.8 Å². The van der Waals surface area contributed by atoms with Crippen molar-refractivity contribution >= 4 is 50.6 Å². The number of anilines is 1. The minimum Gasteiger partial charge on any atom is -0.358 e. The van der Waals surface area contributed by atoms with E-state index in [1.807, 2.05) is 25.9 Å². The number of halogens is 1. The smallest absolute Gasteiger partial charge is 0.256 e. The lowest BCUT2D eigenvalue weighted by Crippen LogP contribution is -2.34. The van der Waals surface area contributed by atoms with Gasteiger partial charge in [0.15, 0.2) is 9.84 Å². The number of amides is 2. The second-order valence-electron chi connectivity index (χ2n) is 10.0. The molecule has 0 unspecified atom stereocenters. The minimum atomic E-state index is -3.70. The van der Waals surface area contributed by atoms with Crippen molar-refractivity contribution in [3.63, 3.8) is 0 Å². The molecule has 0 aliphatic carbocycles. The molecule has 0 radical (unpaired) electrons. The van der Waals surface area contributed by atoms with E-state index in [2.05, 4.69) is 15.2 Å². The van der Waals surface area contributed by atoms with Gasteiger partial charge in [0.25, 0.3) is 11.8 Å². The van der Waals surface area contributed by atoms with Gasteiger partial charge in [-0.15, -0.1) is 0 Å².